The zero-order valence-electron chi connectivity index (χ0n) is 13.1. The lowest BCUT2D eigenvalue weighted by molar-refractivity contribution is -0.129. The highest BCUT2D eigenvalue weighted by Crippen LogP contribution is 2.22. The summed E-state index contributed by atoms with van der Waals surface area (Å²) >= 11 is 0. The van der Waals surface area contributed by atoms with Crippen molar-refractivity contribution >= 4 is 29.9 Å². The average molecular weight is 340 g/mol. The average Bonchev–Trinajstić information content (AvgIpc) is 2.90. The summed E-state index contributed by atoms with van der Waals surface area (Å²) in [4.78, 5) is 26.4. The van der Waals surface area contributed by atoms with Gasteiger partial charge in [0.1, 0.15) is 12.1 Å². The first-order valence-electron chi connectivity index (χ1n) is 7.65. The molecule has 2 fully saturated rings. The normalized spacial score (nSPS) is 24.2. The van der Waals surface area contributed by atoms with E-state index in [9.17, 15) is 9.59 Å². The molecule has 2 amide bonds. The summed E-state index contributed by atoms with van der Waals surface area (Å²) in [6.07, 6.45) is 0.631. The van der Waals surface area contributed by atoms with E-state index in [-0.39, 0.29) is 30.3 Å². The first kappa shape index (κ1) is 17.7. The third kappa shape index (κ3) is 4.02. The van der Waals surface area contributed by atoms with Crippen LogP contribution in [-0.2, 0) is 14.3 Å². The maximum Gasteiger partial charge on any atom is 0.249 e. The van der Waals surface area contributed by atoms with Crippen LogP contribution in [-0.4, -0.2) is 50.2 Å². The van der Waals surface area contributed by atoms with Gasteiger partial charge in [0.05, 0.1) is 13.2 Å². The van der Waals surface area contributed by atoms with Crippen molar-refractivity contribution in [3.63, 3.8) is 0 Å². The summed E-state index contributed by atoms with van der Waals surface area (Å²) in [5, 5.41) is 5.93. The van der Waals surface area contributed by atoms with Crippen molar-refractivity contribution in [2.45, 2.75) is 25.4 Å². The molecule has 126 valence electrons. The molecular weight excluding hydrogens is 318 g/mol. The van der Waals surface area contributed by atoms with Gasteiger partial charge in [0.15, 0.2) is 0 Å². The van der Waals surface area contributed by atoms with Crippen LogP contribution in [0.5, 0.6) is 0 Å². The molecule has 2 N–H and O–H groups in total. The molecule has 2 heterocycles. The van der Waals surface area contributed by atoms with Gasteiger partial charge >= 0.3 is 0 Å². The molecule has 1 aromatic carbocycles. The van der Waals surface area contributed by atoms with Gasteiger partial charge in [-0.15, -0.1) is 12.4 Å². The Morgan fingerprint density at radius 1 is 1.35 bits per heavy atom. The standard InChI is InChI=1S/C16H21N3O3.ClH/c1-11-2-4-12(5-3-11)19-8-6-13(16(19)21)18-15(20)14-10-22-9-7-17-14;/h2-5,13-14,17H,6-10H2,1H3,(H,18,20);1H. The molecule has 2 unspecified atom stereocenters. The van der Waals surface area contributed by atoms with E-state index in [1.54, 1.807) is 4.90 Å². The highest BCUT2D eigenvalue weighted by molar-refractivity contribution is 6.01. The highest BCUT2D eigenvalue weighted by atomic mass is 35.5. The van der Waals surface area contributed by atoms with Crippen molar-refractivity contribution in [1.82, 2.24) is 10.6 Å². The number of hydrogen-bond donors (Lipinski definition) is 2. The molecule has 2 aliphatic heterocycles. The van der Waals surface area contributed by atoms with Crippen molar-refractivity contribution in [3.8, 4) is 0 Å². The molecule has 23 heavy (non-hydrogen) atoms. The van der Waals surface area contributed by atoms with Crippen LogP contribution in [0.2, 0.25) is 0 Å². The number of hydrogen-bond acceptors (Lipinski definition) is 4. The van der Waals surface area contributed by atoms with Gasteiger partial charge in [-0.25, -0.2) is 0 Å². The Morgan fingerprint density at radius 2 is 2.09 bits per heavy atom. The largest absolute Gasteiger partial charge is 0.378 e. The lowest BCUT2D eigenvalue weighted by atomic mass is 10.2. The first-order chi connectivity index (χ1) is 10.6. The Bertz CT molecular complexity index is 558. The fraction of sp³-hybridized carbons (Fsp3) is 0.500. The molecule has 2 saturated heterocycles. The summed E-state index contributed by atoms with van der Waals surface area (Å²) in [6.45, 7) is 4.27. The number of rotatable bonds is 3. The fourth-order valence-corrected chi connectivity index (χ4v) is 2.80. The van der Waals surface area contributed by atoms with E-state index in [1.165, 1.54) is 0 Å². The summed E-state index contributed by atoms with van der Waals surface area (Å²) < 4.78 is 5.28. The minimum absolute atomic E-state index is 0. The molecule has 0 radical (unpaired) electrons. The topological polar surface area (TPSA) is 70.7 Å². The molecular formula is C16H22ClN3O3. The Hall–Kier alpha value is -1.63. The number of benzene rings is 1. The van der Waals surface area contributed by atoms with Crippen molar-refractivity contribution < 1.29 is 14.3 Å². The van der Waals surface area contributed by atoms with Crippen LogP contribution in [0.15, 0.2) is 24.3 Å². The molecule has 7 heteroatoms. The van der Waals surface area contributed by atoms with Crippen molar-refractivity contribution in [1.29, 1.82) is 0 Å². The Morgan fingerprint density at radius 3 is 2.74 bits per heavy atom. The van der Waals surface area contributed by atoms with Crippen molar-refractivity contribution in [2.75, 3.05) is 31.2 Å². The monoisotopic (exact) mass is 339 g/mol. The maximum atomic E-state index is 12.5. The van der Waals surface area contributed by atoms with Crippen molar-refractivity contribution in [3.05, 3.63) is 29.8 Å². The number of morpholine rings is 1. The number of aryl methyl sites for hydroxylation is 1. The van der Waals surface area contributed by atoms with E-state index >= 15 is 0 Å². The molecule has 0 spiro atoms. The number of anilines is 1. The van der Waals surface area contributed by atoms with Crippen LogP contribution < -0.4 is 15.5 Å². The second-order valence-electron chi connectivity index (χ2n) is 5.76. The van der Waals surface area contributed by atoms with Crippen molar-refractivity contribution in [2.24, 2.45) is 0 Å². The van der Waals surface area contributed by atoms with Crippen LogP contribution in [0.4, 0.5) is 5.69 Å². The van der Waals surface area contributed by atoms with Gasteiger partial charge in [0.2, 0.25) is 11.8 Å². The fourth-order valence-electron chi connectivity index (χ4n) is 2.80. The third-order valence-electron chi connectivity index (χ3n) is 4.11. The zero-order chi connectivity index (χ0) is 15.5. The number of nitrogens with one attached hydrogen (secondary N) is 2. The summed E-state index contributed by atoms with van der Waals surface area (Å²) in [7, 11) is 0. The number of halogens is 1. The van der Waals surface area contributed by atoms with Gasteiger partial charge in [-0.05, 0) is 25.5 Å². The van der Waals surface area contributed by atoms with Gasteiger partial charge < -0.3 is 20.3 Å². The second kappa shape index (κ2) is 7.77. The van der Waals surface area contributed by atoms with E-state index in [1.807, 2.05) is 31.2 Å². The SMILES string of the molecule is Cc1ccc(N2CCC(NC(=O)C3COCCN3)C2=O)cc1.Cl. The smallest absolute Gasteiger partial charge is 0.249 e. The lowest BCUT2D eigenvalue weighted by Crippen LogP contribution is -2.54. The first-order valence-corrected chi connectivity index (χ1v) is 7.65. The Kier molecular flexibility index (Phi) is 5.98. The van der Waals surface area contributed by atoms with Crippen LogP contribution in [0, 0.1) is 6.92 Å². The molecule has 6 nitrogen and oxygen atoms in total. The number of nitrogens with zero attached hydrogens (tertiary/aromatic N) is 1. The quantitative estimate of drug-likeness (QED) is 0.847. The minimum Gasteiger partial charge on any atom is -0.378 e. The number of amides is 2. The summed E-state index contributed by atoms with van der Waals surface area (Å²) in [5.74, 6) is -0.210. The van der Waals surface area contributed by atoms with E-state index in [0.29, 0.717) is 32.7 Å². The van der Waals surface area contributed by atoms with Crippen LogP contribution in [0.25, 0.3) is 0 Å². The molecule has 3 rings (SSSR count). The molecule has 0 bridgehead atoms. The van der Waals surface area contributed by atoms with Gasteiger partial charge in [0, 0.05) is 18.8 Å². The molecule has 2 atom stereocenters. The molecule has 0 saturated carbocycles. The predicted octanol–water partition coefficient (Wildman–Crippen LogP) is 0.627. The zero-order valence-corrected chi connectivity index (χ0v) is 13.9. The van der Waals surface area contributed by atoms with E-state index in [4.69, 9.17) is 4.74 Å². The highest BCUT2D eigenvalue weighted by Gasteiger charge is 2.35. The van der Waals surface area contributed by atoms with E-state index < -0.39 is 6.04 Å². The van der Waals surface area contributed by atoms with Gasteiger partial charge in [-0.2, -0.15) is 0 Å². The number of ether oxygens (including phenoxy) is 1. The molecule has 0 aromatic heterocycles. The van der Waals surface area contributed by atoms with Gasteiger partial charge in [0.25, 0.3) is 0 Å². The Balaban J connectivity index is 0.00000192. The van der Waals surface area contributed by atoms with Crippen LogP contribution in [0.3, 0.4) is 0 Å². The van der Waals surface area contributed by atoms with E-state index in [0.717, 1.165) is 11.3 Å². The maximum absolute atomic E-state index is 12.5. The van der Waals surface area contributed by atoms with E-state index in [2.05, 4.69) is 10.6 Å². The third-order valence-corrected chi connectivity index (χ3v) is 4.11. The predicted molar refractivity (Wildman–Crippen MR) is 89.9 cm³/mol. The van der Waals surface area contributed by atoms with Gasteiger partial charge in [-0.3, -0.25) is 9.59 Å². The van der Waals surface area contributed by atoms with Crippen LogP contribution >= 0.6 is 12.4 Å². The lowest BCUT2D eigenvalue weighted by Gasteiger charge is -2.24. The number of carbonyl (C=O) groups is 2. The second-order valence-corrected chi connectivity index (χ2v) is 5.76. The summed E-state index contributed by atoms with van der Waals surface area (Å²) in [5.41, 5.74) is 2.04. The van der Waals surface area contributed by atoms with Crippen LogP contribution in [0.1, 0.15) is 12.0 Å². The molecule has 0 aliphatic carbocycles. The number of carbonyl (C=O) groups excluding carboxylic acids is 2. The molecule has 1 aromatic rings. The summed E-state index contributed by atoms with van der Waals surface area (Å²) in [6, 6.07) is 7.03. The minimum atomic E-state index is -0.447. The Labute approximate surface area is 142 Å². The van der Waals surface area contributed by atoms with Gasteiger partial charge in [-0.1, -0.05) is 17.7 Å². The molecule has 2 aliphatic rings.